The van der Waals surface area contributed by atoms with Crippen LogP contribution in [0.1, 0.15) is 30.8 Å². The lowest BCUT2D eigenvalue weighted by atomic mass is 10.2. The van der Waals surface area contributed by atoms with Crippen molar-refractivity contribution in [2.75, 3.05) is 26.2 Å². The van der Waals surface area contributed by atoms with E-state index in [1.165, 1.54) is 18.9 Å². The van der Waals surface area contributed by atoms with E-state index in [2.05, 4.69) is 4.90 Å². The lowest BCUT2D eigenvalue weighted by Crippen LogP contribution is -2.37. The van der Waals surface area contributed by atoms with Crippen molar-refractivity contribution in [2.24, 2.45) is 0 Å². The van der Waals surface area contributed by atoms with Crippen molar-refractivity contribution >= 4 is 10.0 Å². The molecule has 7 heteroatoms. The molecule has 0 radical (unpaired) electrons. The van der Waals surface area contributed by atoms with Crippen LogP contribution < -0.4 is 0 Å². The van der Waals surface area contributed by atoms with Crippen LogP contribution in [0, 0.1) is 6.92 Å². The van der Waals surface area contributed by atoms with Crippen molar-refractivity contribution in [2.45, 2.75) is 43.7 Å². The summed E-state index contributed by atoms with van der Waals surface area (Å²) >= 11 is 0. The topological polar surface area (TPSA) is 74.0 Å². The first-order valence-electron chi connectivity index (χ1n) is 7.47. The van der Waals surface area contributed by atoms with Crippen LogP contribution in [0.25, 0.3) is 0 Å². The molecule has 118 valence electrons. The molecule has 21 heavy (non-hydrogen) atoms. The molecule has 1 aromatic heterocycles. The van der Waals surface area contributed by atoms with Gasteiger partial charge in [-0.3, -0.25) is 4.90 Å². The fourth-order valence-corrected chi connectivity index (χ4v) is 5.01. The van der Waals surface area contributed by atoms with Gasteiger partial charge in [0.1, 0.15) is 23.0 Å². The molecule has 2 aliphatic heterocycles. The minimum atomic E-state index is -3.52. The molecular weight excluding hydrogens is 292 g/mol. The van der Waals surface area contributed by atoms with Crippen LogP contribution in [0.15, 0.2) is 15.4 Å². The molecule has 2 fully saturated rings. The van der Waals surface area contributed by atoms with E-state index in [1.54, 1.807) is 11.2 Å². The van der Waals surface area contributed by atoms with E-state index in [0.717, 1.165) is 19.5 Å². The van der Waals surface area contributed by atoms with Gasteiger partial charge in [-0.2, -0.15) is 4.31 Å². The normalized spacial score (nSPS) is 25.0. The zero-order valence-electron chi connectivity index (χ0n) is 12.3. The van der Waals surface area contributed by atoms with E-state index in [4.69, 9.17) is 9.52 Å². The number of aliphatic hydroxyl groups excluding tert-OH is 1. The summed E-state index contributed by atoms with van der Waals surface area (Å²) in [7, 11) is -3.52. The number of rotatable bonds is 4. The quantitative estimate of drug-likeness (QED) is 0.895. The van der Waals surface area contributed by atoms with Crippen LogP contribution in [0.3, 0.4) is 0 Å². The molecule has 0 spiro atoms. The average Bonchev–Trinajstić information content (AvgIpc) is 3.18. The molecule has 1 unspecified atom stereocenters. The van der Waals surface area contributed by atoms with E-state index in [0.29, 0.717) is 30.7 Å². The van der Waals surface area contributed by atoms with E-state index in [1.807, 2.05) is 0 Å². The van der Waals surface area contributed by atoms with Gasteiger partial charge in [0.05, 0.1) is 0 Å². The van der Waals surface area contributed by atoms with Gasteiger partial charge in [0.15, 0.2) is 0 Å². The predicted molar refractivity (Wildman–Crippen MR) is 77.3 cm³/mol. The molecule has 3 rings (SSSR count). The second-order valence-electron chi connectivity index (χ2n) is 5.84. The number of nitrogens with zero attached hydrogens (tertiary/aromatic N) is 2. The van der Waals surface area contributed by atoms with Gasteiger partial charge in [-0.25, -0.2) is 8.42 Å². The van der Waals surface area contributed by atoms with Gasteiger partial charge in [-0.1, -0.05) is 0 Å². The van der Waals surface area contributed by atoms with Crippen LogP contribution >= 0.6 is 0 Å². The summed E-state index contributed by atoms with van der Waals surface area (Å²) < 4.78 is 32.2. The second kappa shape index (κ2) is 5.72. The van der Waals surface area contributed by atoms with Gasteiger partial charge >= 0.3 is 0 Å². The van der Waals surface area contributed by atoms with E-state index in [-0.39, 0.29) is 11.5 Å². The molecule has 0 aliphatic carbocycles. The van der Waals surface area contributed by atoms with Crippen molar-refractivity contribution < 1.29 is 17.9 Å². The average molecular weight is 314 g/mol. The zero-order chi connectivity index (χ0) is 15.0. The number of sulfonamides is 1. The molecule has 1 N–H and O–H groups in total. The summed E-state index contributed by atoms with van der Waals surface area (Å²) in [6.07, 6.45) is 3.32. The number of aryl methyl sites for hydroxylation is 1. The highest BCUT2D eigenvalue weighted by atomic mass is 32.2. The fraction of sp³-hybridized carbons (Fsp3) is 0.714. The number of likely N-dealkylation sites (tertiary alicyclic amines) is 1. The van der Waals surface area contributed by atoms with E-state index < -0.39 is 10.0 Å². The first kappa shape index (κ1) is 15.0. The number of aliphatic hydroxyl groups is 1. The first-order chi connectivity index (χ1) is 10.0. The summed E-state index contributed by atoms with van der Waals surface area (Å²) in [6, 6.07) is 1.78. The Labute approximate surface area is 125 Å². The predicted octanol–water partition coefficient (Wildman–Crippen LogP) is 0.939. The molecular formula is C14H22N2O4S. The molecule has 6 nitrogen and oxygen atoms in total. The Balaban J connectivity index is 1.77. The third-order valence-corrected chi connectivity index (χ3v) is 6.45. The Morgan fingerprint density at radius 2 is 2.05 bits per heavy atom. The Kier molecular flexibility index (Phi) is 4.09. The van der Waals surface area contributed by atoms with Crippen molar-refractivity contribution in [1.82, 2.24) is 9.21 Å². The molecule has 2 aliphatic rings. The number of furan rings is 1. The van der Waals surface area contributed by atoms with Gasteiger partial charge in [0.2, 0.25) is 10.0 Å². The maximum absolute atomic E-state index is 12.7. The smallest absolute Gasteiger partial charge is 0.246 e. The monoisotopic (exact) mass is 314 g/mol. The minimum Gasteiger partial charge on any atom is -0.462 e. The van der Waals surface area contributed by atoms with Crippen LogP contribution in [-0.2, 0) is 16.6 Å². The highest BCUT2D eigenvalue weighted by Gasteiger charge is 2.37. The largest absolute Gasteiger partial charge is 0.462 e. The van der Waals surface area contributed by atoms with Gasteiger partial charge < -0.3 is 9.52 Å². The Hall–Kier alpha value is -0.890. The Bertz CT molecular complexity index is 604. The summed E-state index contributed by atoms with van der Waals surface area (Å²) in [4.78, 5) is 2.59. The first-order valence-corrected chi connectivity index (χ1v) is 8.91. The standard InChI is InChI=1S/C14H22N2O4S/c1-11-14(8-13(10-17)20-11)21(18,19)16-7-4-12(9-16)15-5-2-3-6-15/h8,12,17H,2-7,9-10H2,1H3. The highest BCUT2D eigenvalue weighted by molar-refractivity contribution is 7.89. The van der Waals surface area contributed by atoms with Crippen LogP contribution in [0.5, 0.6) is 0 Å². The van der Waals surface area contributed by atoms with Gasteiger partial charge in [-0.15, -0.1) is 0 Å². The second-order valence-corrected chi connectivity index (χ2v) is 7.75. The lowest BCUT2D eigenvalue weighted by molar-refractivity contribution is 0.244. The molecule has 0 bridgehead atoms. The fourth-order valence-electron chi connectivity index (χ4n) is 3.33. The van der Waals surface area contributed by atoms with Crippen LogP contribution in [0.4, 0.5) is 0 Å². The molecule has 0 aromatic carbocycles. The van der Waals surface area contributed by atoms with Crippen molar-refractivity contribution in [1.29, 1.82) is 0 Å². The SMILES string of the molecule is Cc1oc(CO)cc1S(=O)(=O)N1CCC(N2CCCC2)C1. The number of hydrogen-bond acceptors (Lipinski definition) is 5. The van der Waals surface area contributed by atoms with Crippen molar-refractivity contribution in [3.63, 3.8) is 0 Å². The third-order valence-electron chi connectivity index (χ3n) is 4.48. The molecule has 3 heterocycles. The Morgan fingerprint density at radius 1 is 1.33 bits per heavy atom. The summed E-state index contributed by atoms with van der Waals surface area (Å²) in [6.45, 7) is 4.62. The molecule has 0 amide bonds. The Morgan fingerprint density at radius 3 is 2.67 bits per heavy atom. The summed E-state index contributed by atoms with van der Waals surface area (Å²) in [5, 5.41) is 9.08. The molecule has 1 aromatic rings. The third kappa shape index (κ3) is 2.75. The highest BCUT2D eigenvalue weighted by Crippen LogP contribution is 2.28. The summed E-state index contributed by atoms with van der Waals surface area (Å²) in [5.74, 6) is 0.644. The molecule has 0 saturated carbocycles. The maximum Gasteiger partial charge on any atom is 0.246 e. The van der Waals surface area contributed by atoms with E-state index >= 15 is 0 Å². The van der Waals surface area contributed by atoms with Gasteiger partial charge in [0.25, 0.3) is 0 Å². The van der Waals surface area contributed by atoms with Crippen molar-refractivity contribution in [3.8, 4) is 0 Å². The minimum absolute atomic E-state index is 0.189. The lowest BCUT2D eigenvalue weighted by Gasteiger charge is -2.23. The van der Waals surface area contributed by atoms with E-state index in [9.17, 15) is 8.42 Å². The number of hydrogen-bond donors (Lipinski definition) is 1. The van der Waals surface area contributed by atoms with Gasteiger partial charge in [-0.05, 0) is 39.3 Å². The molecule has 2 saturated heterocycles. The molecule has 1 atom stereocenters. The zero-order valence-corrected chi connectivity index (χ0v) is 13.1. The van der Waals surface area contributed by atoms with Crippen LogP contribution in [0.2, 0.25) is 0 Å². The van der Waals surface area contributed by atoms with Crippen molar-refractivity contribution in [3.05, 3.63) is 17.6 Å². The van der Waals surface area contributed by atoms with Crippen LogP contribution in [-0.4, -0.2) is 55.0 Å². The van der Waals surface area contributed by atoms with Gasteiger partial charge in [0, 0.05) is 25.2 Å². The summed E-state index contributed by atoms with van der Waals surface area (Å²) in [5.41, 5.74) is 0. The maximum atomic E-state index is 12.7.